The van der Waals surface area contributed by atoms with Crippen molar-refractivity contribution in [2.24, 2.45) is 5.14 Å². The molecule has 0 saturated carbocycles. The Morgan fingerprint density at radius 1 is 1.19 bits per heavy atom. The Morgan fingerprint density at radius 2 is 1.75 bits per heavy atom. The van der Waals surface area contributed by atoms with Gasteiger partial charge in [0.2, 0.25) is 15.9 Å². The van der Waals surface area contributed by atoms with Gasteiger partial charge in [-0.3, -0.25) is 9.35 Å². The third kappa shape index (κ3) is 8.14. The zero-order chi connectivity index (χ0) is 23.4. The van der Waals surface area contributed by atoms with E-state index in [1.54, 1.807) is 6.92 Å². The maximum absolute atomic E-state index is 11.7. The fraction of sp³-hybridized carbons (Fsp3) is 0.222. The van der Waals surface area contributed by atoms with Gasteiger partial charge in [-0.2, -0.15) is 8.42 Å². The van der Waals surface area contributed by atoms with Crippen molar-refractivity contribution in [1.29, 1.82) is 0 Å². The molecule has 2 heterocycles. The number of thiazole rings is 1. The number of benzene rings is 1. The first kappa shape index (κ1) is 27.4. The van der Waals surface area contributed by atoms with Crippen molar-refractivity contribution >= 4 is 48.2 Å². The number of primary sulfonamides is 1. The quantitative estimate of drug-likeness (QED) is 0.520. The predicted octanol–water partition coefficient (Wildman–Crippen LogP) is 1.37. The van der Waals surface area contributed by atoms with E-state index in [9.17, 15) is 21.6 Å². The van der Waals surface area contributed by atoms with E-state index < -0.39 is 20.1 Å². The molecule has 176 valence electrons. The molecule has 3 rings (SSSR count). The number of amides is 1. The second kappa shape index (κ2) is 10.8. The fourth-order valence-electron chi connectivity index (χ4n) is 2.66. The summed E-state index contributed by atoms with van der Waals surface area (Å²) in [6.07, 6.45) is 8.32. The van der Waals surface area contributed by atoms with Crippen LogP contribution in [0.3, 0.4) is 0 Å². The van der Waals surface area contributed by atoms with Crippen LogP contribution in [0.5, 0.6) is 0 Å². The first-order valence-corrected chi connectivity index (χ1v) is 12.9. The lowest BCUT2D eigenvalue weighted by Gasteiger charge is -2.28. The monoisotopic (exact) mass is 504 g/mol. The molecule has 0 fully saturated rings. The van der Waals surface area contributed by atoms with Crippen LogP contribution in [-0.4, -0.2) is 44.0 Å². The molecular formula is C18H24N4O7S3. The van der Waals surface area contributed by atoms with E-state index >= 15 is 0 Å². The van der Waals surface area contributed by atoms with Crippen molar-refractivity contribution in [2.75, 3.05) is 16.5 Å². The summed E-state index contributed by atoms with van der Waals surface area (Å²) in [5.41, 5.74) is 2.07. The van der Waals surface area contributed by atoms with Gasteiger partial charge < -0.3 is 15.7 Å². The summed E-state index contributed by atoms with van der Waals surface area (Å²) < 4.78 is 49.3. The van der Waals surface area contributed by atoms with E-state index in [0.717, 1.165) is 16.9 Å². The third-order valence-electron chi connectivity index (χ3n) is 3.75. The summed E-state index contributed by atoms with van der Waals surface area (Å²) in [6.45, 7) is 3.08. The number of aromatic nitrogens is 1. The lowest BCUT2D eigenvalue weighted by Crippen LogP contribution is -2.23. The number of carbonyl (C=O) groups excluding carboxylic acids is 1. The number of hydrogen-bond acceptors (Lipinski definition) is 8. The van der Waals surface area contributed by atoms with Crippen LogP contribution < -0.4 is 15.4 Å². The maximum atomic E-state index is 11.7. The van der Waals surface area contributed by atoms with Gasteiger partial charge in [-0.25, -0.2) is 18.5 Å². The van der Waals surface area contributed by atoms with Crippen molar-refractivity contribution in [3.05, 3.63) is 60.0 Å². The van der Waals surface area contributed by atoms with Crippen LogP contribution in [-0.2, 0) is 24.9 Å². The molecule has 1 amide bonds. The van der Waals surface area contributed by atoms with Crippen LogP contribution in [0.25, 0.3) is 0 Å². The van der Waals surface area contributed by atoms with Gasteiger partial charge in [0.25, 0.3) is 10.1 Å². The highest BCUT2D eigenvalue weighted by Gasteiger charge is 2.25. The summed E-state index contributed by atoms with van der Waals surface area (Å²) in [4.78, 5) is 17.4. The van der Waals surface area contributed by atoms with Crippen LogP contribution in [0.4, 0.5) is 10.8 Å². The lowest BCUT2D eigenvalue weighted by molar-refractivity contribution is -0.114. The number of hydrogen-bond donors (Lipinski definition) is 3. The highest BCUT2D eigenvalue weighted by atomic mass is 32.2. The number of allylic oxidation sites excluding steroid dienone is 2. The molecule has 0 bridgehead atoms. The molecule has 0 saturated heterocycles. The Labute approximate surface area is 190 Å². The lowest BCUT2D eigenvalue weighted by atomic mass is 10.0. The third-order valence-corrected chi connectivity index (χ3v) is 6.47. The minimum absolute atomic E-state index is 0. The molecule has 0 aliphatic carbocycles. The van der Waals surface area contributed by atoms with Crippen molar-refractivity contribution < 1.29 is 31.7 Å². The van der Waals surface area contributed by atoms with Gasteiger partial charge in [0, 0.05) is 18.8 Å². The summed E-state index contributed by atoms with van der Waals surface area (Å²) in [7, 11) is -7.47. The Bertz CT molecular complexity index is 1210. The molecule has 1 aliphatic rings. The normalized spacial score (nSPS) is 15.4. The van der Waals surface area contributed by atoms with E-state index in [4.69, 9.17) is 9.69 Å². The molecule has 0 radical (unpaired) electrons. The summed E-state index contributed by atoms with van der Waals surface area (Å²) in [5, 5.41) is 8.53. The smallest absolute Gasteiger partial charge is 0.261 e. The molecule has 1 atom stereocenters. The minimum Gasteiger partial charge on any atom is -0.412 e. The summed E-state index contributed by atoms with van der Waals surface area (Å²) in [5.74, 6) is -0.131. The zero-order valence-corrected chi connectivity index (χ0v) is 19.8. The number of sulfonamides is 1. The van der Waals surface area contributed by atoms with Gasteiger partial charge in [0.1, 0.15) is 0 Å². The van der Waals surface area contributed by atoms with Crippen LogP contribution >= 0.6 is 11.3 Å². The number of aryl methyl sites for hydroxylation is 1. The molecule has 14 heteroatoms. The number of nitrogens with one attached hydrogen (secondary N) is 1. The highest BCUT2D eigenvalue weighted by Crippen LogP contribution is 2.36. The molecule has 11 nitrogen and oxygen atoms in total. The Balaban J connectivity index is 0.000000770. The Morgan fingerprint density at radius 3 is 2.22 bits per heavy atom. The second-order valence-corrected chi connectivity index (χ2v) is 10.7. The predicted molar refractivity (Wildman–Crippen MR) is 124 cm³/mol. The van der Waals surface area contributed by atoms with Gasteiger partial charge in [-0.1, -0.05) is 35.6 Å². The van der Waals surface area contributed by atoms with E-state index in [0.29, 0.717) is 22.8 Å². The molecule has 0 spiro atoms. The van der Waals surface area contributed by atoms with Crippen molar-refractivity contribution in [1.82, 2.24) is 4.98 Å². The first-order chi connectivity index (χ1) is 14.3. The van der Waals surface area contributed by atoms with Crippen LogP contribution in [0.15, 0.2) is 52.9 Å². The number of nitrogens with zero attached hydrogens (tertiary/aromatic N) is 2. The van der Waals surface area contributed by atoms with Crippen molar-refractivity contribution in [3.63, 3.8) is 0 Å². The van der Waals surface area contributed by atoms with Gasteiger partial charge in [-0.05, 0) is 30.7 Å². The van der Waals surface area contributed by atoms with Crippen LogP contribution in [0, 0.1) is 6.92 Å². The van der Waals surface area contributed by atoms with Crippen LogP contribution in [0.1, 0.15) is 24.2 Å². The highest BCUT2D eigenvalue weighted by molar-refractivity contribution is 7.91. The van der Waals surface area contributed by atoms with Crippen molar-refractivity contribution in [2.45, 2.75) is 24.1 Å². The van der Waals surface area contributed by atoms with Gasteiger partial charge in [0.05, 0.1) is 18.0 Å². The van der Waals surface area contributed by atoms with E-state index in [2.05, 4.69) is 10.3 Å². The number of carbonyl (C=O) groups is 1. The average Bonchev–Trinajstić information content (AvgIpc) is 3.03. The van der Waals surface area contributed by atoms with E-state index in [1.165, 1.54) is 6.92 Å². The molecule has 2 aromatic rings. The van der Waals surface area contributed by atoms with Crippen LogP contribution in [0.2, 0.25) is 0 Å². The molecule has 1 unspecified atom stereocenters. The fourth-order valence-corrected chi connectivity index (χ4v) is 4.63. The topological polar surface area (TPSA) is 191 Å². The van der Waals surface area contributed by atoms with E-state index in [1.807, 2.05) is 53.6 Å². The minimum atomic E-state index is -3.80. The number of nitrogens with two attached hydrogens (primary N) is 1. The Kier molecular flexibility index (Phi) is 9.25. The maximum Gasteiger partial charge on any atom is 0.261 e. The molecule has 1 aromatic carbocycles. The summed E-state index contributed by atoms with van der Waals surface area (Å²) >= 11 is 1.04. The SMILES string of the molecule is CC(=O)Nc1ccc(C2C=CC=CN2c2nc(C)c(S(N)(=O)=O)s2)cc1.CS(=O)(=O)O.O. The molecule has 1 aliphatic heterocycles. The molecule has 32 heavy (non-hydrogen) atoms. The van der Waals surface area contributed by atoms with E-state index in [-0.39, 0.29) is 21.6 Å². The second-order valence-electron chi connectivity index (χ2n) is 6.53. The van der Waals surface area contributed by atoms with Gasteiger partial charge in [-0.15, -0.1) is 0 Å². The standard InChI is InChI=1S/C17H18N4O3S2.CH4O3S.H2O/c1-11-16(26(18,23)24)25-17(19-11)21-10-4-3-5-15(21)13-6-8-14(9-7-13)20-12(2)22;1-5(2,3)4;/h3-10,15H,1-2H3,(H,20,22)(H2,18,23,24);1H3,(H,2,3,4);1H2. The van der Waals surface area contributed by atoms with Gasteiger partial charge >= 0.3 is 0 Å². The summed E-state index contributed by atoms with van der Waals surface area (Å²) in [6, 6.07) is 7.32. The van der Waals surface area contributed by atoms with Gasteiger partial charge in [0.15, 0.2) is 9.34 Å². The number of anilines is 2. The number of rotatable bonds is 4. The molecular weight excluding hydrogens is 480 g/mol. The average molecular weight is 505 g/mol. The Hall–Kier alpha value is -2.62. The largest absolute Gasteiger partial charge is 0.412 e. The molecule has 6 N–H and O–H groups in total. The first-order valence-electron chi connectivity index (χ1n) is 8.69. The molecule has 1 aromatic heterocycles. The van der Waals surface area contributed by atoms with Crippen molar-refractivity contribution in [3.8, 4) is 0 Å². The zero-order valence-electron chi connectivity index (χ0n) is 17.4.